The van der Waals surface area contributed by atoms with Gasteiger partial charge in [0.05, 0.1) is 11.9 Å². The third-order valence-corrected chi connectivity index (χ3v) is 8.04. The van der Waals surface area contributed by atoms with Gasteiger partial charge in [-0.3, -0.25) is 13.9 Å². The molecule has 2 amide bonds. The molecule has 7 nitrogen and oxygen atoms in total. The van der Waals surface area contributed by atoms with Crippen molar-refractivity contribution in [3.8, 4) is 0 Å². The van der Waals surface area contributed by atoms with E-state index in [0.717, 1.165) is 32.6 Å². The zero-order valence-corrected chi connectivity index (χ0v) is 25.4. The number of nitrogens with one attached hydrogen (secondary N) is 1. The highest BCUT2D eigenvalue weighted by Gasteiger charge is 2.33. The highest BCUT2D eigenvalue weighted by Crippen LogP contribution is 2.27. The van der Waals surface area contributed by atoms with Crippen molar-refractivity contribution < 1.29 is 18.0 Å². The van der Waals surface area contributed by atoms with Crippen LogP contribution in [0, 0.1) is 6.92 Å². The van der Waals surface area contributed by atoms with Crippen LogP contribution >= 0.6 is 27.5 Å². The van der Waals surface area contributed by atoms with Crippen LogP contribution < -0.4 is 9.62 Å². The second-order valence-electron chi connectivity index (χ2n) is 9.35. The predicted molar refractivity (Wildman–Crippen MR) is 160 cm³/mol. The maximum atomic E-state index is 14.1. The first kappa shape index (κ1) is 30.7. The normalized spacial score (nSPS) is 12.0. The number of nitrogens with zero attached hydrogens (tertiary/aromatic N) is 2. The fourth-order valence-corrected chi connectivity index (χ4v) is 5.71. The van der Waals surface area contributed by atoms with E-state index in [9.17, 15) is 18.0 Å². The molecule has 0 saturated carbocycles. The van der Waals surface area contributed by atoms with Crippen LogP contribution in [0.15, 0.2) is 77.3 Å². The summed E-state index contributed by atoms with van der Waals surface area (Å²) in [4.78, 5) is 29.0. The lowest BCUT2D eigenvalue weighted by Gasteiger charge is -2.34. The summed E-state index contributed by atoms with van der Waals surface area (Å²) in [5, 5.41) is 3.28. The smallest absolute Gasteiger partial charge is 0.244 e. The fraction of sp³-hybridized carbons (Fsp3) is 0.310. The van der Waals surface area contributed by atoms with Gasteiger partial charge in [0.15, 0.2) is 0 Å². The molecule has 0 bridgehead atoms. The summed E-state index contributed by atoms with van der Waals surface area (Å²) in [6.45, 7) is 3.79. The quantitative estimate of drug-likeness (QED) is 0.291. The van der Waals surface area contributed by atoms with Crippen LogP contribution in [0.1, 0.15) is 30.0 Å². The first-order chi connectivity index (χ1) is 18.5. The van der Waals surface area contributed by atoms with Crippen molar-refractivity contribution in [3.05, 3.63) is 99.0 Å². The molecule has 39 heavy (non-hydrogen) atoms. The topological polar surface area (TPSA) is 86.8 Å². The molecule has 3 rings (SSSR count). The van der Waals surface area contributed by atoms with Gasteiger partial charge in [-0.05, 0) is 54.3 Å². The average Bonchev–Trinajstić information content (AvgIpc) is 2.89. The summed E-state index contributed by atoms with van der Waals surface area (Å²) in [5.74, 6) is -0.804. The van der Waals surface area contributed by atoms with Crippen LogP contribution in [0.3, 0.4) is 0 Å². The number of amides is 2. The summed E-state index contributed by atoms with van der Waals surface area (Å²) < 4.78 is 27.7. The highest BCUT2D eigenvalue weighted by atomic mass is 79.9. The third-order valence-electron chi connectivity index (χ3n) is 6.18. The molecule has 0 fully saturated rings. The van der Waals surface area contributed by atoms with E-state index in [1.54, 1.807) is 19.1 Å². The molecular weight excluding hydrogens is 602 g/mol. The van der Waals surface area contributed by atoms with Gasteiger partial charge in [-0.2, -0.15) is 0 Å². The predicted octanol–water partition coefficient (Wildman–Crippen LogP) is 5.34. The van der Waals surface area contributed by atoms with Gasteiger partial charge in [0.25, 0.3) is 0 Å². The van der Waals surface area contributed by atoms with E-state index < -0.39 is 28.5 Å². The van der Waals surface area contributed by atoms with Crippen molar-refractivity contribution in [1.82, 2.24) is 10.2 Å². The molecule has 0 heterocycles. The van der Waals surface area contributed by atoms with E-state index >= 15 is 0 Å². The summed E-state index contributed by atoms with van der Waals surface area (Å²) in [6.07, 6.45) is 2.05. The minimum Gasteiger partial charge on any atom is -0.354 e. The van der Waals surface area contributed by atoms with Crippen LogP contribution in [0.25, 0.3) is 0 Å². The summed E-state index contributed by atoms with van der Waals surface area (Å²) >= 11 is 9.66. The Balaban J connectivity index is 2.07. The van der Waals surface area contributed by atoms with Gasteiger partial charge in [-0.25, -0.2) is 8.42 Å². The standard InChI is InChI=1S/C29H33BrClN3O4S/c1-4-15-32-29(36)27(17-22-9-6-5-7-10-22)33(19-23-11-8-12-24(30)16-23)28(35)20-34(39(3,37)38)26-18-25(31)14-13-21(26)2/h5-14,16,18,27H,4,15,17,19-20H2,1-3H3,(H,32,36). The first-order valence-electron chi connectivity index (χ1n) is 12.6. The molecule has 208 valence electrons. The summed E-state index contributed by atoms with van der Waals surface area (Å²) in [5.41, 5.74) is 2.64. The van der Waals surface area contributed by atoms with Crippen molar-refractivity contribution in [2.45, 2.75) is 39.3 Å². The van der Waals surface area contributed by atoms with Crippen molar-refractivity contribution >= 4 is 55.1 Å². The van der Waals surface area contributed by atoms with Gasteiger partial charge in [-0.15, -0.1) is 0 Å². The van der Waals surface area contributed by atoms with E-state index in [2.05, 4.69) is 21.2 Å². The fourth-order valence-electron chi connectivity index (χ4n) is 4.20. The number of hydrogen-bond acceptors (Lipinski definition) is 4. The Bertz CT molecular complexity index is 1400. The van der Waals surface area contributed by atoms with Crippen LogP contribution in [0.4, 0.5) is 5.69 Å². The van der Waals surface area contributed by atoms with Crippen LogP contribution in [0.5, 0.6) is 0 Å². The average molecular weight is 635 g/mol. The molecule has 0 aromatic heterocycles. The van der Waals surface area contributed by atoms with E-state index in [-0.39, 0.29) is 18.9 Å². The molecule has 0 aliphatic rings. The molecule has 1 atom stereocenters. The number of carbonyl (C=O) groups is 2. The Hall–Kier alpha value is -2.88. The molecule has 0 spiro atoms. The SMILES string of the molecule is CCCNC(=O)C(Cc1ccccc1)N(Cc1cccc(Br)c1)C(=O)CN(c1cc(Cl)ccc1C)S(C)(=O)=O. The Morgan fingerprint density at radius 3 is 2.33 bits per heavy atom. The number of benzene rings is 3. The molecule has 10 heteroatoms. The molecule has 0 aliphatic carbocycles. The van der Waals surface area contributed by atoms with Gasteiger partial charge in [0, 0.05) is 29.0 Å². The van der Waals surface area contributed by atoms with Crippen LogP contribution in [-0.2, 0) is 32.6 Å². The number of sulfonamides is 1. The lowest BCUT2D eigenvalue weighted by molar-refractivity contribution is -0.140. The number of carbonyl (C=O) groups excluding carboxylic acids is 2. The lowest BCUT2D eigenvalue weighted by atomic mass is 10.0. The van der Waals surface area contributed by atoms with Gasteiger partial charge >= 0.3 is 0 Å². The second kappa shape index (κ2) is 14.0. The number of aryl methyl sites for hydroxylation is 1. The van der Waals surface area contributed by atoms with E-state index in [4.69, 9.17) is 11.6 Å². The number of anilines is 1. The molecular formula is C29H33BrClN3O4S. The van der Waals surface area contributed by atoms with Gasteiger partial charge in [-0.1, -0.05) is 83.0 Å². The Kier molecular flexibility index (Phi) is 11.0. The summed E-state index contributed by atoms with van der Waals surface area (Å²) in [7, 11) is -3.87. The second-order valence-corrected chi connectivity index (χ2v) is 12.6. The number of rotatable bonds is 12. The molecule has 3 aromatic carbocycles. The molecule has 0 saturated heterocycles. The molecule has 3 aromatic rings. The number of hydrogen-bond donors (Lipinski definition) is 1. The van der Waals surface area contributed by atoms with Crippen LogP contribution in [0.2, 0.25) is 5.02 Å². The monoisotopic (exact) mass is 633 g/mol. The maximum Gasteiger partial charge on any atom is 0.244 e. The van der Waals surface area contributed by atoms with Gasteiger partial charge in [0.2, 0.25) is 21.8 Å². The van der Waals surface area contributed by atoms with Crippen molar-refractivity contribution in [1.29, 1.82) is 0 Å². The van der Waals surface area contributed by atoms with E-state index in [0.29, 0.717) is 22.8 Å². The van der Waals surface area contributed by atoms with Crippen molar-refractivity contribution in [2.24, 2.45) is 0 Å². The minimum atomic E-state index is -3.87. The van der Waals surface area contributed by atoms with E-state index in [1.807, 2.05) is 61.5 Å². The zero-order valence-electron chi connectivity index (χ0n) is 22.2. The first-order valence-corrected chi connectivity index (χ1v) is 15.6. The summed E-state index contributed by atoms with van der Waals surface area (Å²) in [6, 6.07) is 20.9. The minimum absolute atomic E-state index is 0.113. The molecule has 0 aliphatic heterocycles. The van der Waals surface area contributed by atoms with Gasteiger partial charge in [0.1, 0.15) is 12.6 Å². The van der Waals surface area contributed by atoms with Gasteiger partial charge < -0.3 is 10.2 Å². The zero-order chi connectivity index (χ0) is 28.6. The largest absolute Gasteiger partial charge is 0.354 e. The third kappa shape index (κ3) is 8.81. The maximum absolute atomic E-state index is 14.1. The highest BCUT2D eigenvalue weighted by molar-refractivity contribution is 9.10. The van der Waals surface area contributed by atoms with Crippen LogP contribution in [-0.4, -0.2) is 50.5 Å². The Labute approximate surface area is 244 Å². The Morgan fingerprint density at radius 2 is 1.69 bits per heavy atom. The van der Waals surface area contributed by atoms with Crippen molar-refractivity contribution in [2.75, 3.05) is 23.7 Å². The molecule has 0 radical (unpaired) electrons. The van der Waals surface area contributed by atoms with E-state index in [1.165, 1.54) is 11.0 Å². The van der Waals surface area contributed by atoms with Crippen molar-refractivity contribution in [3.63, 3.8) is 0 Å². The molecule has 1 N–H and O–H groups in total. The lowest BCUT2D eigenvalue weighted by Crippen LogP contribution is -2.53. The number of halogens is 2. The Morgan fingerprint density at radius 1 is 1.00 bits per heavy atom. The molecule has 1 unspecified atom stereocenters.